The SMILES string of the molecule is CCCC1CN1C(=O)C(F)(F)C(F)(F)C(F)(F)F. The van der Waals surface area contributed by atoms with Gasteiger partial charge in [-0.15, -0.1) is 0 Å². The van der Waals surface area contributed by atoms with E-state index in [1.54, 1.807) is 6.92 Å². The largest absolute Gasteiger partial charge is 0.460 e. The molecule has 1 rings (SSSR count). The molecule has 0 N–H and O–H groups in total. The third-order valence-corrected chi connectivity index (χ3v) is 2.62. The Balaban J connectivity index is 2.85. The molecule has 9 heteroatoms. The number of alkyl halides is 7. The summed E-state index contributed by atoms with van der Waals surface area (Å²) in [4.78, 5) is 11.3. The van der Waals surface area contributed by atoms with Crippen LogP contribution in [0.4, 0.5) is 30.7 Å². The second-order valence-corrected chi connectivity index (χ2v) is 4.05. The highest BCUT2D eigenvalue weighted by atomic mass is 19.4. The van der Waals surface area contributed by atoms with Gasteiger partial charge in [0.15, 0.2) is 0 Å². The van der Waals surface area contributed by atoms with Gasteiger partial charge < -0.3 is 4.90 Å². The van der Waals surface area contributed by atoms with E-state index in [2.05, 4.69) is 0 Å². The van der Waals surface area contributed by atoms with Crippen molar-refractivity contribution in [2.75, 3.05) is 6.54 Å². The molecule has 0 bridgehead atoms. The molecule has 1 heterocycles. The first kappa shape index (κ1) is 15.0. The van der Waals surface area contributed by atoms with Gasteiger partial charge >= 0.3 is 18.0 Å². The molecule has 0 spiro atoms. The van der Waals surface area contributed by atoms with Gasteiger partial charge in [-0.3, -0.25) is 4.79 Å². The summed E-state index contributed by atoms with van der Waals surface area (Å²) in [5.74, 6) is -14.6. The van der Waals surface area contributed by atoms with Crippen LogP contribution < -0.4 is 0 Å². The molecule has 1 unspecified atom stereocenters. The van der Waals surface area contributed by atoms with E-state index < -0.39 is 30.0 Å². The van der Waals surface area contributed by atoms with Crippen LogP contribution in [0, 0.1) is 0 Å². The van der Waals surface area contributed by atoms with Crippen molar-refractivity contribution in [3.8, 4) is 0 Å². The molecule has 1 amide bonds. The van der Waals surface area contributed by atoms with E-state index in [4.69, 9.17) is 0 Å². The van der Waals surface area contributed by atoms with E-state index in [9.17, 15) is 35.5 Å². The second kappa shape index (κ2) is 4.27. The van der Waals surface area contributed by atoms with Gasteiger partial charge in [0.05, 0.1) is 0 Å². The number of nitrogens with zero attached hydrogens (tertiary/aromatic N) is 1. The maximum atomic E-state index is 12.9. The molecule has 0 aliphatic carbocycles. The number of rotatable bonds is 4. The fourth-order valence-electron chi connectivity index (χ4n) is 1.50. The van der Waals surface area contributed by atoms with Crippen LogP contribution in [0.3, 0.4) is 0 Å². The first-order chi connectivity index (χ1) is 7.96. The molecule has 0 aromatic rings. The first-order valence-corrected chi connectivity index (χ1v) is 5.10. The normalized spacial score (nSPS) is 21.1. The molecule has 1 saturated heterocycles. The topological polar surface area (TPSA) is 20.1 Å². The molecule has 0 aromatic carbocycles. The zero-order valence-electron chi connectivity index (χ0n) is 9.20. The minimum atomic E-state index is -6.47. The smallest absolute Gasteiger partial charge is 0.330 e. The highest BCUT2D eigenvalue weighted by Crippen LogP contribution is 2.48. The summed E-state index contributed by atoms with van der Waals surface area (Å²) in [6, 6.07) is -0.669. The lowest BCUT2D eigenvalue weighted by atomic mass is 10.1. The van der Waals surface area contributed by atoms with Crippen molar-refractivity contribution in [1.29, 1.82) is 0 Å². The zero-order chi connectivity index (χ0) is 14.4. The van der Waals surface area contributed by atoms with Gasteiger partial charge in [0.1, 0.15) is 0 Å². The van der Waals surface area contributed by atoms with Crippen molar-refractivity contribution in [2.45, 2.75) is 43.8 Å². The fourth-order valence-corrected chi connectivity index (χ4v) is 1.50. The van der Waals surface area contributed by atoms with E-state index in [-0.39, 0.29) is 6.54 Å². The number of amides is 1. The second-order valence-electron chi connectivity index (χ2n) is 4.05. The monoisotopic (exact) mass is 281 g/mol. The van der Waals surface area contributed by atoms with Crippen LogP contribution in [0.1, 0.15) is 19.8 Å². The quantitative estimate of drug-likeness (QED) is 0.573. The van der Waals surface area contributed by atoms with Gasteiger partial charge in [0, 0.05) is 12.6 Å². The van der Waals surface area contributed by atoms with Crippen molar-refractivity contribution in [3.05, 3.63) is 0 Å². The number of carbonyl (C=O) groups is 1. The summed E-state index contributed by atoms with van der Waals surface area (Å²) in [5, 5.41) is 0. The van der Waals surface area contributed by atoms with Crippen molar-refractivity contribution in [2.24, 2.45) is 0 Å². The molecule has 0 aromatic heterocycles. The van der Waals surface area contributed by atoms with Crippen molar-refractivity contribution >= 4 is 5.91 Å². The highest BCUT2D eigenvalue weighted by molar-refractivity contribution is 5.87. The Kier molecular flexibility index (Phi) is 3.57. The summed E-state index contributed by atoms with van der Waals surface area (Å²) < 4.78 is 86.4. The molecule has 0 saturated carbocycles. The first-order valence-electron chi connectivity index (χ1n) is 5.10. The molecular formula is C9H10F7NO. The van der Waals surface area contributed by atoms with Gasteiger partial charge in [-0.2, -0.15) is 30.7 Å². The van der Waals surface area contributed by atoms with Gasteiger partial charge in [-0.1, -0.05) is 13.3 Å². The lowest BCUT2D eigenvalue weighted by Gasteiger charge is -2.27. The number of hydrogen-bond acceptors (Lipinski definition) is 1. The standard InChI is InChI=1S/C9H10F7NO/c1-2-3-5-4-17(5)6(18)7(10,11)8(12,13)9(14,15)16/h5H,2-4H2,1H3. The van der Waals surface area contributed by atoms with E-state index in [1.807, 2.05) is 0 Å². The van der Waals surface area contributed by atoms with Crippen molar-refractivity contribution < 1.29 is 35.5 Å². The van der Waals surface area contributed by atoms with Crippen LogP contribution in [-0.4, -0.2) is 41.4 Å². The van der Waals surface area contributed by atoms with Crippen LogP contribution in [-0.2, 0) is 4.79 Å². The number of carbonyl (C=O) groups excluding carboxylic acids is 1. The molecule has 106 valence electrons. The summed E-state index contributed by atoms with van der Waals surface area (Å²) in [5.41, 5.74) is 0. The molecule has 2 nitrogen and oxygen atoms in total. The summed E-state index contributed by atoms with van der Waals surface area (Å²) in [6.45, 7) is 1.46. The molecular weight excluding hydrogens is 271 g/mol. The van der Waals surface area contributed by atoms with E-state index in [1.165, 1.54) is 0 Å². The lowest BCUT2D eigenvalue weighted by molar-refractivity contribution is -0.345. The van der Waals surface area contributed by atoms with Crippen molar-refractivity contribution in [1.82, 2.24) is 4.90 Å². The summed E-state index contributed by atoms with van der Waals surface area (Å²) >= 11 is 0. The van der Waals surface area contributed by atoms with Gasteiger partial charge in [0.25, 0.3) is 5.91 Å². The minimum absolute atomic E-state index is 0.212. The van der Waals surface area contributed by atoms with E-state index >= 15 is 0 Å². The van der Waals surface area contributed by atoms with E-state index in [0.29, 0.717) is 17.7 Å². The van der Waals surface area contributed by atoms with Crippen LogP contribution in [0.2, 0.25) is 0 Å². The Morgan fingerprint density at radius 1 is 1.17 bits per heavy atom. The maximum Gasteiger partial charge on any atom is 0.460 e. The third kappa shape index (κ3) is 2.26. The third-order valence-electron chi connectivity index (χ3n) is 2.62. The number of hydrogen-bond donors (Lipinski definition) is 0. The fraction of sp³-hybridized carbons (Fsp3) is 0.889. The highest BCUT2D eigenvalue weighted by Gasteiger charge is 2.77. The Morgan fingerprint density at radius 3 is 2.06 bits per heavy atom. The summed E-state index contributed by atoms with van der Waals surface area (Å²) in [6.07, 6.45) is -5.67. The van der Waals surface area contributed by atoms with Gasteiger partial charge in [-0.05, 0) is 6.42 Å². The average Bonchev–Trinajstić information content (AvgIpc) is 2.94. The minimum Gasteiger partial charge on any atom is -0.330 e. The Hall–Kier alpha value is -1.02. The lowest BCUT2D eigenvalue weighted by Crippen LogP contribution is -2.58. The van der Waals surface area contributed by atoms with Crippen LogP contribution >= 0.6 is 0 Å². The Morgan fingerprint density at radius 2 is 1.67 bits per heavy atom. The maximum absolute atomic E-state index is 12.9. The predicted molar refractivity (Wildman–Crippen MR) is 46.4 cm³/mol. The molecule has 0 radical (unpaired) electrons. The van der Waals surface area contributed by atoms with Crippen LogP contribution in [0.15, 0.2) is 0 Å². The molecule has 18 heavy (non-hydrogen) atoms. The predicted octanol–water partition coefficient (Wildman–Crippen LogP) is 2.83. The molecule has 1 atom stereocenters. The van der Waals surface area contributed by atoms with Crippen LogP contribution in [0.25, 0.3) is 0 Å². The van der Waals surface area contributed by atoms with Crippen LogP contribution in [0.5, 0.6) is 0 Å². The molecule has 1 fully saturated rings. The van der Waals surface area contributed by atoms with Crippen molar-refractivity contribution in [3.63, 3.8) is 0 Å². The summed E-state index contributed by atoms with van der Waals surface area (Å²) in [7, 11) is 0. The molecule has 1 aliphatic heterocycles. The number of halogens is 7. The zero-order valence-corrected chi connectivity index (χ0v) is 9.20. The Bertz CT molecular complexity index is 338. The van der Waals surface area contributed by atoms with E-state index in [0.717, 1.165) is 0 Å². The van der Waals surface area contributed by atoms with Gasteiger partial charge in [-0.25, -0.2) is 0 Å². The Labute approximate surface area is 97.7 Å². The average molecular weight is 281 g/mol. The molecule has 1 aliphatic rings. The van der Waals surface area contributed by atoms with Gasteiger partial charge in [0.2, 0.25) is 0 Å².